The van der Waals surface area contributed by atoms with Crippen LogP contribution in [-0.2, 0) is 10.5 Å². The minimum atomic E-state index is 0. The number of nitrogens with two attached hydrogens (primary N) is 1. The maximum atomic E-state index is 12.3. The van der Waals surface area contributed by atoms with Crippen molar-refractivity contribution < 1.29 is 4.79 Å². The fourth-order valence-corrected chi connectivity index (χ4v) is 3.41. The second kappa shape index (κ2) is 10.4. The Hall–Kier alpha value is -0.490. The molecule has 4 nitrogen and oxygen atoms in total. The van der Waals surface area contributed by atoms with Gasteiger partial charge in [-0.1, -0.05) is 19.9 Å². The Morgan fingerprint density at radius 2 is 2.17 bits per heavy atom. The molecule has 1 fully saturated rings. The molecule has 0 saturated carbocycles. The first kappa shape index (κ1) is 22.5. The molecule has 0 radical (unpaired) electrons. The van der Waals surface area contributed by atoms with Gasteiger partial charge in [0.2, 0.25) is 5.91 Å². The highest BCUT2D eigenvalue weighted by atomic mass is 35.5. The molecule has 0 bridgehead atoms. The number of pyridine rings is 1. The number of likely N-dealkylation sites (tertiary alicyclic amines) is 1. The predicted molar refractivity (Wildman–Crippen MR) is 102 cm³/mol. The van der Waals surface area contributed by atoms with Crippen LogP contribution >= 0.6 is 36.6 Å². The Morgan fingerprint density at radius 1 is 1.43 bits per heavy atom. The smallest absolute Gasteiger partial charge is 0.223 e. The molecule has 0 spiro atoms. The maximum absolute atomic E-state index is 12.3. The lowest BCUT2D eigenvalue weighted by atomic mass is 9.79. The van der Waals surface area contributed by atoms with Crippen molar-refractivity contribution in [1.29, 1.82) is 0 Å². The van der Waals surface area contributed by atoms with E-state index in [0.717, 1.165) is 36.7 Å². The van der Waals surface area contributed by atoms with Crippen molar-refractivity contribution in [3.63, 3.8) is 0 Å². The third-order valence-corrected chi connectivity index (χ3v) is 5.09. The molecular weight excluding hydrogens is 353 g/mol. The van der Waals surface area contributed by atoms with Crippen molar-refractivity contribution in [2.24, 2.45) is 11.1 Å². The molecule has 2 rings (SSSR count). The number of carbonyl (C=O) groups excluding carboxylic acids is 1. The quantitative estimate of drug-likeness (QED) is 0.798. The summed E-state index contributed by atoms with van der Waals surface area (Å²) in [6.07, 6.45) is 3.31. The predicted octanol–water partition coefficient (Wildman–Crippen LogP) is 3.13. The topological polar surface area (TPSA) is 59.2 Å². The van der Waals surface area contributed by atoms with E-state index in [1.54, 1.807) is 18.0 Å². The molecule has 0 aliphatic carbocycles. The van der Waals surface area contributed by atoms with Gasteiger partial charge in [0.1, 0.15) is 0 Å². The van der Waals surface area contributed by atoms with E-state index in [1.165, 1.54) is 0 Å². The van der Waals surface area contributed by atoms with Crippen molar-refractivity contribution in [1.82, 2.24) is 9.88 Å². The van der Waals surface area contributed by atoms with Crippen molar-refractivity contribution in [2.75, 3.05) is 18.8 Å². The molecule has 1 atom stereocenters. The second-order valence-electron chi connectivity index (χ2n) is 6.32. The number of piperidine rings is 1. The highest BCUT2D eigenvalue weighted by molar-refractivity contribution is 7.98. The first-order chi connectivity index (χ1) is 9.99. The van der Waals surface area contributed by atoms with Crippen molar-refractivity contribution in [3.05, 3.63) is 30.1 Å². The fraction of sp³-hybridized carbons (Fsp3) is 0.625. The van der Waals surface area contributed by atoms with Gasteiger partial charge in [-0.3, -0.25) is 9.78 Å². The van der Waals surface area contributed by atoms with Gasteiger partial charge < -0.3 is 10.6 Å². The lowest BCUT2D eigenvalue weighted by Crippen LogP contribution is -2.54. The molecule has 1 aliphatic rings. The van der Waals surface area contributed by atoms with Crippen LogP contribution in [0.25, 0.3) is 0 Å². The lowest BCUT2D eigenvalue weighted by molar-refractivity contribution is -0.134. The minimum Gasteiger partial charge on any atom is -0.342 e. The van der Waals surface area contributed by atoms with Gasteiger partial charge in [0, 0.05) is 43.3 Å². The fourth-order valence-electron chi connectivity index (χ4n) is 2.56. The molecule has 1 aromatic heterocycles. The lowest BCUT2D eigenvalue weighted by Gasteiger charge is -2.42. The van der Waals surface area contributed by atoms with E-state index >= 15 is 0 Å². The zero-order chi connectivity index (χ0) is 15.3. The van der Waals surface area contributed by atoms with E-state index < -0.39 is 0 Å². The highest BCUT2D eigenvalue weighted by Gasteiger charge is 2.34. The molecule has 1 amide bonds. The highest BCUT2D eigenvalue weighted by Crippen LogP contribution is 2.28. The summed E-state index contributed by atoms with van der Waals surface area (Å²) in [7, 11) is 0. The molecule has 0 aromatic carbocycles. The molecule has 1 unspecified atom stereocenters. The zero-order valence-corrected chi connectivity index (χ0v) is 16.2. The molecule has 1 saturated heterocycles. The summed E-state index contributed by atoms with van der Waals surface area (Å²) in [5.41, 5.74) is 7.20. The van der Waals surface area contributed by atoms with Crippen LogP contribution in [0.2, 0.25) is 0 Å². The summed E-state index contributed by atoms with van der Waals surface area (Å²) < 4.78 is 0. The number of hydrogen-bond acceptors (Lipinski definition) is 4. The number of aromatic nitrogens is 1. The molecule has 7 heteroatoms. The number of thioether (sulfide) groups is 1. The van der Waals surface area contributed by atoms with Crippen LogP contribution in [0.15, 0.2) is 24.4 Å². The number of nitrogens with zero attached hydrogens (tertiary/aromatic N) is 2. The standard InChI is InChI=1S/C16H25N3OS.2ClH/c1-16(2)12-19(9-6-14(16)17)15(20)7-10-21-11-13-5-3-4-8-18-13;;/h3-5,8,14H,6-7,9-12,17H2,1-2H3;2*1H. The molecular formula is C16H27Cl2N3OS. The van der Waals surface area contributed by atoms with Crippen LogP contribution in [0.4, 0.5) is 0 Å². The van der Waals surface area contributed by atoms with Gasteiger partial charge in [-0.15, -0.1) is 24.8 Å². The number of amides is 1. The third-order valence-electron chi connectivity index (χ3n) is 4.10. The van der Waals surface area contributed by atoms with Crippen molar-refractivity contribution >= 4 is 42.5 Å². The Kier molecular flexibility index (Phi) is 10.2. The van der Waals surface area contributed by atoms with Crippen LogP contribution < -0.4 is 5.73 Å². The van der Waals surface area contributed by atoms with Crippen molar-refractivity contribution in [3.8, 4) is 0 Å². The molecule has 1 aliphatic heterocycles. The first-order valence-electron chi connectivity index (χ1n) is 7.50. The third kappa shape index (κ3) is 6.87. The van der Waals surface area contributed by atoms with Gasteiger partial charge in [-0.25, -0.2) is 0 Å². The van der Waals surface area contributed by atoms with Crippen LogP contribution in [0.3, 0.4) is 0 Å². The van der Waals surface area contributed by atoms with Gasteiger partial charge >= 0.3 is 0 Å². The Morgan fingerprint density at radius 3 is 2.78 bits per heavy atom. The summed E-state index contributed by atoms with van der Waals surface area (Å²) >= 11 is 1.76. The van der Waals surface area contributed by atoms with Gasteiger partial charge in [0.05, 0.1) is 5.69 Å². The summed E-state index contributed by atoms with van der Waals surface area (Å²) in [5, 5.41) is 0. The SMILES string of the molecule is CC1(C)CN(C(=O)CCSCc2ccccn2)CCC1N.Cl.Cl. The number of carbonyl (C=O) groups is 1. The molecule has 2 N–H and O–H groups in total. The van der Waals surface area contributed by atoms with E-state index in [0.29, 0.717) is 6.42 Å². The number of halogens is 2. The van der Waals surface area contributed by atoms with E-state index in [2.05, 4.69) is 18.8 Å². The number of rotatable bonds is 5. The van der Waals surface area contributed by atoms with Gasteiger partial charge in [0.25, 0.3) is 0 Å². The minimum absolute atomic E-state index is 0. The number of hydrogen-bond donors (Lipinski definition) is 1. The normalized spacial score (nSPS) is 19.4. The Labute approximate surface area is 155 Å². The van der Waals surface area contributed by atoms with Crippen molar-refractivity contribution in [2.45, 2.75) is 38.5 Å². The van der Waals surface area contributed by atoms with Crippen LogP contribution in [0.1, 0.15) is 32.4 Å². The first-order valence-corrected chi connectivity index (χ1v) is 8.65. The molecule has 2 heterocycles. The molecule has 132 valence electrons. The van der Waals surface area contributed by atoms with Crippen LogP contribution in [0, 0.1) is 5.41 Å². The monoisotopic (exact) mass is 379 g/mol. The van der Waals surface area contributed by atoms with Crippen LogP contribution in [0.5, 0.6) is 0 Å². The largest absolute Gasteiger partial charge is 0.342 e. The van der Waals surface area contributed by atoms with E-state index in [1.807, 2.05) is 23.1 Å². The van der Waals surface area contributed by atoms with E-state index in [4.69, 9.17) is 5.73 Å². The average molecular weight is 380 g/mol. The zero-order valence-electron chi connectivity index (χ0n) is 13.7. The van der Waals surface area contributed by atoms with E-state index in [9.17, 15) is 4.79 Å². The molecule has 23 heavy (non-hydrogen) atoms. The maximum Gasteiger partial charge on any atom is 0.223 e. The van der Waals surface area contributed by atoms with E-state index in [-0.39, 0.29) is 42.2 Å². The average Bonchev–Trinajstić information content (AvgIpc) is 2.47. The summed E-state index contributed by atoms with van der Waals surface area (Å²) in [4.78, 5) is 18.5. The summed E-state index contributed by atoms with van der Waals surface area (Å²) in [6.45, 7) is 5.87. The Bertz CT molecular complexity index is 474. The summed E-state index contributed by atoms with van der Waals surface area (Å²) in [5.74, 6) is 1.96. The Balaban J connectivity index is 0.00000242. The summed E-state index contributed by atoms with van der Waals surface area (Å²) in [6, 6.07) is 6.12. The molecule has 1 aromatic rings. The second-order valence-corrected chi connectivity index (χ2v) is 7.43. The van der Waals surface area contributed by atoms with Gasteiger partial charge in [-0.05, 0) is 24.0 Å². The van der Waals surface area contributed by atoms with Gasteiger partial charge in [0.15, 0.2) is 0 Å². The van der Waals surface area contributed by atoms with Gasteiger partial charge in [-0.2, -0.15) is 11.8 Å². The van der Waals surface area contributed by atoms with Crippen LogP contribution in [-0.4, -0.2) is 40.7 Å².